The maximum absolute atomic E-state index is 11.8. The number of methoxy groups -OCH3 is 1. The zero-order chi connectivity index (χ0) is 17.4. The Bertz CT molecular complexity index is 569. The van der Waals surface area contributed by atoms with Gasteiger partial charge in [-0.3, -0.25) is 4.79 Å². The third-order valence-corrected chi connectivity index (χ3v) is 2.94. The van der Waals surface area contributed by atoms with Gasteiger partial charge in [-0.1, -0.05) is 19.9 Å². The molecule has 7 heteroatoms. The van der Waals surface area contributed by atoms with Gasteiger partial charge in [-0.25, -0.2) is 9.59 Å². The van der Waals surface area contributed by atoms with E-state index in [0.717, 1.165) is 0 Å². The average Bonchev–Trinajstić information content (AvgIpc) is 2.50. The quantitative estimate of drug-likeness (QED) is 0.732. The van der Waals surface area contributed by atoms with E-state index in [1.165, 1.54) is 31.4 Å². The van der Waals surface area contributed by atoms with Crippen molar-refractivity contribution in [3.63, 3.8) is 0 Å². The lowest BCUT2D eigenvalue weighted by molar-refractivity contribution is -0.145. The van der Waals surface area contributed by atoms with Gasteiger partial charge in [0.05, 0.1) is 12.7 Å². The number of carbonyl (C=O) groups excluding carboxylic acids is 3. The van der Waals surface area contributed by atoms with Crippen LogP contribution in [0, 0.1) is 5.92 Å². The summed E-state index contributed by atoms with van der Waals surface area (Å²) in [6, 6.07) is 4.80. The monoisotopic (exact) mass is 323 g/mol. The van der Waals surface area contributed by atoms with Gasteiger partial charge in [0.1, 0.15) is 11.8 Å². The van der Waals surface area contributed by atoms with Crippen LogP contribution in [0.25, 0.3) is 0 Å². The maximum Gasteiger partial charge on any atom is 0.338 e. The Morgan fingerprint density at radius 3 is 2.52 bits per heavy atom. The molecule has 1 amide bonds. The molecule has 0 heterocycles. The summed E-state index contributed by atoms with van der Waals surface area (Å²) < 4.78 is 9.48. The molecule has 0 saturated carbocycles. The van der Waals surface area contributed by atoms with Crippen molar-refractivity contribution in [2.24, 2.45) is 5.92 Å². The molecule has 126 valence electrons. The van der Waals surface area contributed by atoms with E-state index >= 15 is 0 Å². The van der Waals surface area contributed by atoms with Crippen LogP contribution in [0.5, 0.6) is 5.75 Å². The van der Waals surface area contributed by atoms with Crippen LogP contribution < -0.4 is 5.32 Å². The van der Waals surface area contributed by atoms with Crippen molar-refractivity contribution in [2.75, 3.05) is 13.7 Å². The highest BCUT2D eigenvalue weighted by atomic mass is 16.5. The van der Waals surface area contributed by atoms with Gasteiger partial charge in [-0.15, -0.1) is 0 Å². The smallest absolute Gasteiger partial charge is 0.338 e. The van der Waals surface area contributed by atoms with E-state index in [9.17, 15) is 19.5 Å². The van der Waals surface area contributed by atoms with Crippen LogP contribution in [0.15, 0.2) is 24.3 Å². The number of hydrogen-bond acceptors (Lipinski definition) is 6. The molecule has 0 spiro atoms. The van der Waals surface area contributed by atoms with E-state index in [1.807, 2.05) is 13.8 Å². The summed E-state index contributed by atoms with van der Waals surface area (Å²) in [6.07, 6.45) is 0.416. The molecule has 1 unspecified atom stereocenters. The van der Waals surface area contributed by atoms with Gasteiger partial charge in [0.2, 0.25) is 0 Å². The summed E-state index contributed by atoms with van der Waals surface area (Å²) in [4.78, 5) is 35.2. The number of amides is 1. The SMILES string of the molecule is COC(=O)C(CC(C)C)NC(=O)COC(=O)c1cccc(O)c1. The third-order valence-electron chi connectivity index (χ3n) is 2.94. The number of esters is 2. The molecule has 1 rings (SSSR count). The van der Waals surface area contributed by atoms with Crippen LogP contribution >= 0.6 is 0 Å². The predicted molar refractivity (Wildman–Crippen MR) is 81.8 cm³/mol. The van der Waals surface area contributed by atoms with E-state index in [-0.39, 0.29) is 17.2 Å². The van der Waals surface area contributed by atoms with Crippen molar-refractivity contribution < 1.29 is 29.0 Å². The van der Waals surface area contributed by atoms with Crippen molar-refractivity contribution in [2.45, 2.75) is 26.3 Å². The van der Waals surface area contributed by atoms with Crippen molar-refractivity contribution in [1.29, 1.82) is 0 Å². The normalized spacial score (nSPS) is 11.7. The van der Waals surface area contributed by atoms with Crippen molar-refractivity contribution in [3.05, 3.63) is 29.8 Å². The first-order valence-corrected chi connectivity index (χ1v) is 7.16. The molecule has 0 saturated heterocycles. The lowest BCUT2D eigenvalue weighted by Gasteiger charge is -2.18. The van der Waals surface area contributed by atoms with Gasteiger partial charge in [0.15, 0.2) is 6.61 Å². The van der Waals surface area contributed by atoms with E-state index in [0.29, 0.717) is 6.42 Å². The molecule has 2 N–H and O–H groups in total. The largest absolute Gasteiger partial charge is 0.508 e. The van der Waals surface area contributed by atoms with Crippen LogP contribution in [-0.2, 0) is 19.1 Å². The van der Waals surface area contributed by atoms with Gasteiger partial charge in [0.25, 0.3) is 5.91 Å². The van der Waals surface area contributed by atoms with Gasteiger partial charge in [-0.05, 0) is 30.5 Å². The fourth-order valence-electron chi connectivity index (χ4n) is 1.91. The zero-order valence-electron chi connectivity index (χ0n) is 13.4. The molecule has 23 heavy (non-hydrogen) atoms. The number of rotatable bonds is 7. The van der Waals surface area contributed by atoms with E-state index in [2.05, 4.69) is 10.1 Å². The first-order valence-electron chi connectivity index (χ1n) is 7.16. The zero-order valence-corrected chi connectivity index (χ0v) is 13.4. The molecule has 0 fully saturated rings. The predicted octanol–water partition coefficient (Wildman–Crippen LogP) is 1.25. The lowest BCUT2D eigenvalue weighted by atomic mass is 10.0. The second kappa shape index (κ2) is 8.77. The van der Waals surface area contributed by atoms with Crippen molar-refractivity contribution >= 4 is 17.8 Å². The highest BCUT2D eigenvalue weighted by Crippen LogP contribution is 2.12. The number of aromatic hydroxyl groups is 1. The molecule has 0 bridgehead atoms. The van der Waals surface area contributed by atoms with Crippen LogP contribution in [0.1, 0.15) is 30.6 Å². The minimum Gasteiger partial charge on any atom is -0.508 e. The summed E-state index contributed by atoms with van der Waals surface area (Å²) in [5.41, 5.74) is 0.129. The Kier molecular flexibility index (Phi) is 7.05. The lowest BCUT2D eigenvalue weighted by Crippen LogP contribution is -2.44. The molecule has 0 radical (unpaired) electrons. The molecule has 1 aromatic rings. The molecule has 1 atom stereocenters. The summed E-state index contributed by atoms with van der Waals surface area (Å²) in [5, 5.41) is 11.8. The summed E-state index contributed by atoms with van der Waals surface area (Å²) in [5.74, 6) is -1.80. The second-order valence-corrected chi connectivity index (χ2v) is 5.40. The summed E-state index contributed by atoms with van der Waals surface area (Å²) >= 11 is 0. The Labute approximate surface area is 134 Å². The number of ether oxygens (including phenoxy) is 2. The van der Waals surface area contributed by atoms with Gasteiger partial charge in [0, 0.05) is 0 Å². The minimum atomic E-state index is -0.785. The number of nitrogens with one attached hydrogen (secondary N) is 1. The highest BCUT2D eigenvalue weighted by Gasteiger charge is 2.23. The first kappa shape index (κ1) is 18.5. The summed E-state index contributed by atoms with van der Waals surface area (Å²) in [6.45, 7) is 3.29. The van der Waals surface area contributed by atoms with Crippen LogP contribution in [0.4, 0.5) is 0 Å². The van der Waals surface area contributed by atoms with E-state index < -0.39 is 30.5 Å². The Morgan fingerprint density at radius 2 is 1.96 bits per heavy atom. The molecule has 0 aliphatic heterocycles. The van der Waals surface area contributed by atoms with Gasteiger partial charge >= 0.3 is 11.9 Å². The fourth-order valence-corrected chi connectivity index (χ4v) is 1.91. The first-order chi connectivity index (χ1) is 10.8. The number of phenolic OH excluding ortho intramolecular Hbond substituents is 1. The van der Waals surface area contributed by atoms with Gasteiger partial charge in [-0.2, -0.15) is 0 Å². The molecule has 0 aromatic heterocycles. The van der Waals surface area contributed by atoms with E-state index in [1.54, 1.807) is 0 Å². The molecular formula is C16H21NO6. The standard InChI is InChI=1S/C16H21NO6/c1-10(2)7-13(16(21)22-3)17-14(19)9-23-15(20)11-5-4-6-12(18)8-11/h4-6,8,10,13,18H,7,9H2,1-3H3,(H,17,19). The fraction of sp³-hybridized carbons (Fsp3) is 0.438. The molecule has 1 aromatic carbocycles. The average molecular weight is 323 g/mol. The maximum atomic E-state index is 11.8. The topological polar surface area (TPSA) is 102 Å². The van der Waals surface area contributed by atoms with Gasteiger partial charge < -0.3 is 19.9 Å². The second-order valence-electron chi connectivity index (χ2n) is 5.40. The summed E-state index contributed by atoms with van der Waals surface area (Å²) in [7, 11) is 1.24. The number of hydrogen-bond donors (Lipinski definition) is 2. The molecule has 0 aliphatic carbocycles. The molecule has 7 nitrogen and oxygen atoms in total. The Balaban J connectivity index is 2.54. The van der Waals surface area contributed by atoms with Crippen molar-refractivity contribution in [3.8, 4) is 5.75 Å². The minimum absolute atomic E-state index is 0.0772. The van der Waals surface area contributed by atoms with Crippen LogP contribution in [0.3, 0.4) is 0 Å². The number of phenols is 1. The number of carbonyl (C=O) groups is 3. The number of benzene rings is 1. The van der Waals surface area contributed by atoms with E-state index in [4.69, 9.17) is 4.74 Å². The van der Waals surface area contributed by atoms with Crippen LogP contribution in [0.2, 0.25) is 0 Å². The Morgan fingerprint density at radius 1 is 1.26 bits per heavy atom. The highest BCUT2D eigenvalue weighted by molar-refractivity contribution is 5.92. The third kappa shape index (κ3) is 6.37. The Hall–Kier alpha value is -2.57. The van der Waals surface area contributed by atoms with Crippen molar-refractivity contribution in [1.82, 2.24) is 5.32 Å². The van der Waals surface area contributed by atoms with Crippen LogP contribution in [-0.4, -0.2) is 42.7 Å². The molecule has 0 aliphatic rings. The molecular weight excluding hydrogens is 302 g/mol.